The van der Waals surface area contributed by atoms with E-state index in [1.807, 2.05) is 0 Å². The molecule has 234 valence electrons. The highest BCUT2D eigenvalue weighted by Crippen LogP contribution is 2.36. The van der Waals surface area contributed by atoms with Crippen molar-refractivity contribution >= 4 is 22.7 Å². The fraction of sp³-hybridized carbons (Fsp3) is 0.429. The van der Waals surface area contributed by atoms with Gasteiger partial charge in [-0.2, -0.15) is 13.2 Å². The minimum absolute atomic E-state index is 0.0253. The topological polar surface area (TPSA) is 93.0 Å². The summed E-state index contributed by atoms with van der Waals surface area (Å²) in [5, 5.41) is 10.9. The van der Waals surface area contributed by atoms with Crippen molar-refractivity contribution in [2.75, 3.05) is 32.9 Å². The highest BCUT2D eigenvalue weighted by Gasteiger charge is 2.38. The van der Waals surface area contributed by atoms with Gasteiger partial charge in [0, 0.05) is 37.8 Å². The van der Waals surface area contributed by atoms with Crippen molar-refractivity contribution in [2.45, 2.75) is 44.4 Å². The molecule has 1 aromatic heterocycles. The Bertz CT molecular complexity index is 1450. The van der Waals surface area contributed by atoms with Crippen LogP contribution in [0.15, 0.2) is 42.6 Å². The zero-order valence-electron chi connectivity index (χ0n) is 22.6. The first-order chi connectivity index (χ1) is 20.3. The first-order valence-corrected chi connectivity index (χ1v) is 13.3. The Kier molecular flexibility index (Phi) is 9.85. The summed E-state index contributed by atoms with van der Waals surface area (Å²) in [6, 6.07) is 7.76. The lowest BCUT2D eigenvalue weighted by Gasteiger charge is -2.32. The molecule has 0 saturated carbocycles. The standard InChI is InChI=1S/C28H28F7N3O5/c29-22-5-4-17(15-36-26(41)27(30,31)32)14-20(22)18-6-8-37(9-7-18)25(40)21-16-38(10-12-42-13-11-39)24-19(21)2-1-3-23(24)43-28(33,34)35/h1-5,14,16,18,39H,6-13,15H2,(H,36,41). The van der Waals surface area contributed by atoms with Crippen LogP contribution in [-0.4, -0.2) is 71.8 Å². The van der Waals surface area contributed by atoms with Crippen LogP contribution in [0.3, 0.4) is 0 Å². The van der Waals surface area contributed by atoms with E-state index in [0.717, 1.165) is 12.1 Å². The van der Waals surface area contributed by atoms with E-state index < -0.39 is 42.5 Å². The number of aromatic nitrogens is 1. The number of carbonyl (C=O) groups is 2. The number of para-hydroxylation sites is 1. The predicted molar refractivity (Wildman–Crippen MR) is 139 cm³/mol. The molecule has 43 heavy (non-hydrogen) atoms. The molecule has 2 aromatic carbocycles. The molecule has 2 amide bonds. The Balaban J connectivity index is 1.50. The van der Waals surface area contributed by atoms with Crippen LogP contribution in [-0.2, 0) is 22.6 Å². The van der Waals surface area contributed by atoms with E-state index in [1.165, 1.54) is 39.9 Å². The number of aliphatic hydroxyl groups is 1. The summed E-state index contributed by atoms with van der Waals surface area (Å²) < 4.78 is 102. The zero-order chi connectivity index (χ0) is 31.4. The molecule has 0 bridgehead atoms. The normalized spacial score (nSPS) is 14.7. The van der Waals surface area contributed by atoms with Crippen LogP contribution in [0.4, 0.5) is 30.7 Å². The Hall–Kier alpha value is -3.85. The van der Waals surface area contributed by atoms with Crippen molar-refractivity contribution in [2.24, 2.45) is 0 Å². The maximum Gasteiger partial charge on any atom is 0.573 e. The van der Waals surface area contributed by atoms with E-state index in [2.05, 4.69) is 4.74 Å². The van der Waals surface area contributed by atoms with Crippen LogP contribution in [0.1, 0.15) is 40.2 Å². The van der Waals surface area contributed by atoms with Gasteiger partial charge in [0.15, 0.2) is 5.75 Å². The smallest absolute Gasteiger partial charge is 0.404 e. The molecule has 8 nitrogen and oxygen atoms in total. The number of rotatable bonds is 10. The summed E-state index contributed by atoms with van der Waals surface area (Å²) in [5.41, 5.74) is 0.707. The number of hydrogen-bond acceptors (Lipinski definition) is 5. The molecule has 4 rings (SSSR count). The maximum absolute atomic E-state index is 14.7. The lowest BCUT2D eigenvalue weighted by atomic mass is 9.88. The molecule has 0 atom stereocenters. The third kappa shape index (κ3) is 7.96. The van der Waals surface area contributed by atoms with E-state index in [1.54, 1.807) is 5.32 Å². The summed E-state index contributed by atoms with van der Waals surface area (Å²) >= 11 is 0. The lowest BCUT2D eigenvalue weighted by Crippen LogP contribution is -2.38. The molecule has 3 aromatic rings. The summed E-state index contributed by atoms with van der Waals surface area (Å²) in [4.78, 5) is 26.2. The minimum Gasteiger partial charge on any atom is -0.404 e. The molecular weight excluding hydrogens is 591 g/mol. The van der Waals surface area contributed by atoms with Crippen LogP contribution in [0, 0.1) is 5.82 Å². The number of piperidine rings is 1. The van der Waals surface area contributed by atoms with E-state index in [9.17, 15) is 40.3 Å². The second kappa shape index (κ2) is 13.2. The Morgan fingerprint density at radius 3 is 2.40 bits per heavy atom. The summed E-state index contributed by atoms with van der Waals surface area (Å²) in [6.45, 7) is -0.170. The van der Waals surface area contributed by atoms with E-state index in [0.29, 0.717) is 12.8 Å². The van der Waals surface area contributed by atoms with Crippen LogP contribution in [0.5, 0.6) is 5.75 Å². The van der Waals surface area contributed by atoms with Crippen molar-refractivity contribution in [3.8, 4) is 5.75 Å². The number of ether oxygens (including phenoxy) is 2. The van der Waals surface area contributed by atoms with E-state index in [4.69, 9.17) is 9.84 Å². The monoisotopic (exact) mass is 619 g/mol. The molecular formula is C28H28F7N3O5. The number of fused-ring (bicyclic) bond motifs is 1. The van der Waals surface area contributed by atoms with Gasteiger partial charge in [-0.05, 0) is 42.0 Å². The molecule has 1 aliphatic rings. The second-order valence-corrected chi connectivity index (χ2v) is 9.88. The Morgan fingerprint density at radius 1 is 1.02 bits per heavy atom. The van der Waals surface area contributed by atoms with Gasteiger partial charge in [0.05, 0.1) is 30.9 Å². The van der Waals surface area contributed by atoms with Gasteiger partial charge < -0.3 is 29.4 Å². The number of hydrogen-bond donors (Lipinski definition) is 2. The molecule has 0 spiro atoms. The highest BCUT2D eigenvalue weighted by molar-refractivity contribution is 6.08. The molecule has 2 heterocycles. The molecule has 1 aliphatic heterocycles. The summed E-state index contributed by atoms with van der Waals surface area (Å²) in [6.07, 6.45) is -7.97. The molecule has 0 radical (unpaired) electrons. The van der Waals surface area contributed by atoms with Crippen molar-refractivity contribution in [3.05, 3.63) is 65.1 Å². The average molecular weight is 620 g/mol. The fourth-order valence-electron chi connectivity index (χ4n) is 5.07. The third-order valence-electron chi connectivity index (χ3n) is 7.02. The minimum atomic E-state index is -5.05. The van der Waals surface area contributed by atoms with Crippen LogP contribution < -0.4 is 10.1 Å². The average Bonchev–Trinajstić information content (AvgIpc) is 3.32. The van der Waals surface area contributed by atoms with Gasteiger partial charge in [-0.15, -0.1) is 13.2 Å². The van der Waals surface area contributed by atoms with Crippen molar-refractivity contribution < 1.29 is 54.9 Å². The van der Waals surface area contributed by atoms with Crippen molar-refractivity contribution in [1.29, 1.82) is 0 Å². The zero-order valence-corrected chi connectivity index (χ0v) is 22.6. The molecule has 1 fully saturated rings. The maximum atomic E-state index is 14.7. The largest absolute Gasteiger partial charge is 0.573 e. The SMILES string of the molecule is O=C(c1cn(CCOCCO)c2c(OC(F)(F)F)cccc12)N1CCC(c2cc(CNC(=O)C(F)(F)F)ccc2F)CC1. The molecule has 1 saturated heterocycles. The van der Waals surface area contributed by atoms with Crippen molar-refractivity contribution in [3.63, 3.8) is 0 Å². The Labute approximate surface area is 241 Å². The van der Waals surface area contributed by atoms with E-state index >= 15 is 0 Å². The Morgan fingerprint density at radius 2 is 1.74 bits per heavy atom. The predicted octanol–water partition coefficient (Wildman–Crippen LogP) is 4.89. The summed E-state index contributed by atoms with van der Waals surface area (Å²) in [5.74, 6) is -3.99. The number of likely N-dealkylation sites (tertiary alicyclic amines) is 1. The second-order valence-electron chi connectivity index (χ2n) is 9.88. The van der Waals surface area contributed by atoms with Crippen molar-refractivity contribution in [1.82, 2.24) is 14.8 Å². The third-order valence-corrected chi connectivity index (χ3v) is 7.02. The van der Waals surface area contributed by atoms with E-state index in [-0.39, 0.29) is 73.0 Å². The number of halogens is 7. The van der Waals surface area contributed by atoms with Gasteiger partial charge in [-0.1, -0.05) is 24.3 Å². The first kappa shape index (κ1) is 32.1. The van der Waals surface area contributed by atoms with Gasteiger partial charge in [-0.3, -0.25) is 9.59 Å². The van der Waals surface area contributed by atoms with Crippen LogP contribution >= 0.6 is 0 Å². The van der Waals surface area contributed by atoms with Gasteiger partial charge in [0.1, 0.15) is 5.82 Å². The molecule has 0 unspecified atom stereocenters. The van der Waals surface area contributed by atoms with Crippen LogP contribution in [0.25, 0.3) is 10.9 Å². The number of carbonyl (C=O) groups excluding carboxylic acids is 2. The quantitative estimate of drug-likeness (QED) is 0.249. The number of nitrogens with one attached hydrogen (secondary N) is 1. The van der Waals surface area contributed by atoms with Gasteiger partial charge in [0.25, 0.3) is 5.91 Å². The fourth-order valence-corrected chi connectivity index (χ4v) is 5.07. The molecule has 2 N–H and O–H groups in total. The number of amides is 2. The summed E-state index contributed by atoms with van der Waals surface area (Å²) in [7, 11) is 0. The van der Waals surface area contributed by atoms with Gasteiger partial charge in [-0.25, -0.2) is 4.39 Å². The molecule has 15 heteroatoms. The number of aliphatic hydroxyl groups excluding tert-OH is 1. The lowest BCUT2D eigenvalue weighted by molar-refractivity contribution is -0.274. The highest BCUT2D eigenvalue weighted by atomic mass is 19.4. The van der Waals surface area contributed by atoms with Crippen LogP contribution in [0.2, 0.25) is 0 Å². The molecule has 0 aliphatic carbocycles. The number of alkyl halides is 6. The number of nitrogens with zero attached hydrogens (tertiary/aromatic N) is 2. The van der Waals surface area contributed by atoms with Gasteiger partial charge in [0.2, 0.25) is 0 Å². The van der Waals surface area contributed by atoms with Gasteiger partial charge >= 0.3 is 18.4 Å². The first-order valence-electron chi connectivity index (χ1n) is 13.3. The number of benzene rings is 2.